The van der Waals surface area contributed by atoms with Crippen LogP contribution in [0.15, 0.2) is 97.2 Å². The van der Waals surface area contributed by atoms with Crippen molar-refractivity contribution in [3.63, 3.8) is 0 Å². The van der Waals surface area contributed by atoms with Gasteiger partial charge in [0.25, 0.3) is 0 Å². The van der Waals surface area contributed by atoms with Gasteiger partial charge in [0.15, 0.2) is 5.75 Å². The molecule has 0 saturated carbocycles. The molecule has 1 heterocycles. The lowest BCUT2D eigenvalue weighted by molar-refractivity contribution is -0.211. The Morgan fingerprint density at radius 2 is 1.62 bits per heavy atom. The van der Waals surface area contributed by atoms with Crippen LogP contribution in [0.3, 0.4) is 0 Å². The quantitative estimate of drug-likeness (QED) is 0.153. The van der Waals surface area contributed by atoms with E-state index in [1.165, 1.54) is 19.2 Å². The Morgan fingerprint density at radius 3 is 2.35 bits per heavy atom. The van der Waals surface area contributed by atoms with Crippen molar-refractivity contribution in [3.05, 3.63) is 114 Å². The van der Waals surface area contributed by atoms with Crippen LogP contribution in [-0.2, 0) is 22.5 Å². The number of carbonyl (C=O) groups excluding carboxylic acids is 1. The molecule has 0 N–H and O–H groups in total. The van der Waals surface area contributed by atoms with Crippen molar-refractivity contribution in [2.45, 2.75) is 26.6 Å². The van der Waals surface area contributed by atoms with Crippen LogP contribution in [0.2, 0.25) is 0 Å². The maximum absolute atomic E-state index is 13.8. The number of halogens is 3. The fourth-order valence-corrected chi connectivity index (χ4v) is 4.51. The highest BCUT2D eigenvalue weighted by molar-refractivity contribution is 6.03. The molecule has 8 heteroatoms. The lowest BCUT2D eigenvalue weighted by Crippen LogP contribution is -2.07. The number of pyridine rings is 1. The maximum atomic E-state index is 13.8. The second kappa shape index (κ2) is 11.1. The number of para-hydroxylation sites is 1. The zero-order valence-corrected chi connectivity index (χ0v) is 21.7. The smallest absolute Gasteiger partial charge is 0.418 e. The lowest BCUT2D eigenvalue weighted by Gasteiger charge is -2.17. The summed E-state index contributed by atoms with van der Waals surface area (Å²) in [6.07, 6.45) is -3.04. The first-order chi connectivity index (χ1) is 19.2. The summed E-state index contributed by atoms with van der Waals surface area (Å²) in [5, 5.41) is 0.396. The van der Waals surface area contributed by atoms with Crippen LogP contribution < -0.4 is 9.62 Å². The van der Waals surface area contributed by atoms with Crippen LogP contribution in [0.5, 0.6) is 11.5 Å². The van der Waals surface area contributed by atoms with E-state index in [-0.39, 0.29) is 12.1 Å². The minimum Gasteiger partial charge on any atom is -0.489 e. The highest BCUT2D eigenvalue weighted by Gasteiger charge is 2.33. The van der Waals surface area contributed by atoms with Gasteiger partial charge < -0.3 is 4.74 Å². The molecule has 5 nitrogen and oxygen atoms in total. The van der Waals surface area contributed by atoms with Crippen LogP contribution in [0.1, 0.15) is 23.6 Å². The van der Waals surface area contributed by atoms with Crippen molar-refractivity contribution in [2.24, 2.45) is 0 Å². The van der Waals surface area contributed by atoms with Crippen LogP contribution >= 0.6 is 0 Å². The summed E-state index contributed by atoms with van der Waals surface area (Å²) < 4.78 is 47.6. The average molecular weight is 544 g/mol. The molecule has 5 rings (SSSR count). The van der Waals surface area contributed by atoms with E-state index < -0.39 is 17.7 Å². The number of nitrogens with zero attached hydrogens (tertiary/aromatic N) is 1. The molecular weight excluding hydrogens is 519 g/mol. The first-order valence-corrected chi connectivity index (χ1v) is 12.4. The average Bonchev–Trinajstić information content (AvgIpc) is 2.94. The molecule has 0 atom stereocenters. The Balaban J connectivity index is 1.52. The number of ether oxygens (including phenoxy) is 1. The summed E-state index contributed by atoms with van der Waals surface area (Å²) >= 11 is 0. The molecule has 5 aromatic rings. The number of hydrogen-bond donors (Lipinski definition) is 0. The maximum Gasteiger partial charge on any atom is 0.418 e. The normalized spacial score (nSPS) is 11.3. The standard InChI is InChI=1S/C32H24F3NO4/c1-20-16-22(14-15-29(20)40-39-21(2)37)19-38-25-11-6-10-24(17-25)30-26-12-7-13-28(32(33,34)35)31(26)36-18-27(30)23-8-4-3-5-9-23/h3-18H,19H2,1-2H3. The summed E-state index contributed by atoms with van der Waals surface area (Å²) in [4.78, 5) is 24.9. The van der Waals surface area contributed by atoms with E-state index in [0.717, 1.165) is 22.8 Å². The highest BCUT2D eigenvalue weighted by atomic mass is 19.4. The lowest BCUT2D eigenvalue weighted by atomic mass is 9.91. The zero-order chi connectivity index (χ0) is 28.3. The first kappa shape index (κ1) is 26.7. The Labute approximate surface area is 228 Å². The molecule has 0 aliphatic rings. The monoisotopic (exact) mass is 543 g/mol. The Kier molecular flexibility index (Phi) is 7.42. The van der Waals surface area contributed by atoms with E-state index in [0.29, 0.717) is 33.6 Å². The van der Waals surface area contributed by atoms with Gasteiger partial charge in [-0.25, -0.2) is 4.79 Å². The van der Waals surface area contributed by atoms with Crippen molar-refractivity contribution in [1.29, 1.82) is 0 Å². The molecule has 0 unspecified atom stereocenters. The number of aromatic nitrogens is 1. The molecule has 202 valence electrons. The SMILES string of the molecule is CC(=O)OOc1ccc(COc2cccc(-c3c(-c4ccccc4)cnc4c(C(F)(F)F)cccc34)c2)cc1C. The highest BCUT2D eigenvalue weighted by Crippen LogP contribution is 2.42. The fraction of sp³-hybridized carbons (Fsp3) is 0.125. The third-order valence-corrected chi connectivity index (χ3v) is 6.30. The van der Waals surface area contributed by atoms with Crippen molar-refractivity contribution < 1.29 is 32.5 Å². The number of alkyl halides is 3. The molecule has 0 bridgehead atoms. The van der Waals surface area contributed by atoms with Gasteiger partial charge in [-0.05, 0) is 59.5 Å². The molecular formula is C32H24F3NO4. The topological polar surface area (TPSA) is 57.7 Å². The summed E-state index contributed by atoms with van der Waals surface area (Å²) in [6, 6.07) is 26.1. The van der Waals surface area contributed by atoms with E-state index >= 15 is 0 Å². The second-order valence-electron chi connectivity index (χ2n) is 9.19. The van der Waals surface area contributed by atoms with E-state index in [1.807, 2.05) is 55.5 Å². The van der Waals surface area contributed by atoms with Crippen molar-refractivity contribution in [1.82, 2.24) is 4.98 Å². The van der Waals surface area contributed by atoms with E-state index in [9.17, 15) is 18.0 Å². The zero-order valence-electron chi connectivity index (χ0n) is 21.7. The second-order valence-corrected chi connectivity index (χ2v) is 9.19. The molecule has 1 aromatic heterocycles. The molecule has 0 aliphatic heterocycles. The molecule has 0 fully saturated rings. The molecule has 0 saturated heterocycles. The number of hydrogen-bond acceptors (Lipinski definition) is 5. The van der Waals surface area contributed by atoms with Crippen LogP contribution in [-0.4, -0.2) is 11.0 Å². The van der Waals surface area contributed by atoms with Crippen molar-refractivity contribution in [2.75, 3.05) is 0 Å². The largest absolute Gasteiger partial charge is 0.489 e. The number of carbonyl (C=O) groups is 1. The van der Waals surface area contributed by atoms with Crippen LogP contribution in [0.4, 0.5) is 13.2 Å². The van der Waals surface area contributed by atoms with Gasteiger partial charge in [-0.2, -0.15) is 13.2 Å². The molecule has 0 radical (unpaired) electrons. The van der Waals surface area contributed by atoms with Gasteiger partial charge in [0, 0.05) is 29.6 Å². The van der Waals surface area contributed by atoms with Gasteiger partial charge in [0.2, 0.25) is 0 Å². The van der Waals surface area contributed by atoms with Crippen LogP contribution in [0.25, 0.3) is 33.2 Å². The van der Waals surface area contributed by atoms with Gasteiger partial charge in [0.05, 0.1) is 11.1 Å². The van der Waals surface area contributed by atoms with E-state index in [2.05, 4.69) is 9.87 Å². The van der Waals surface area contributed by atoms with E-state index in [1.54, 1.807) is 30.3 Å². The molecule has 40 heavy (non-hydrogen) atoms. The summed E-state index contributed by atoms with van der Waals surface area (Å²) in [7, 11) is 0. The third-order valence-electron chi connectivity index (χ3n) is 6.30. The predicted octanol–water partition coefficient (Wildman–Crippen LogP) is 8.33. The Morgan fingerprint density at radius 1 is 0.875 bits per heavy atom. The molecule has 0 amide bonds. The molecule has 0 aliphatic carbocycles. The van der Waals surface area contributed by atoms with Gasteiger partial charge in [-0.1, -0.05) is 60.7 Å². The van der Waals surface area contributed by atoms with E-state index in [4.69, 9.17) is 9.62 Å². The number of benzene rings is 4. The fourth-order valence-electron chi connectivity index (χ4n) is 4.51. The number of aryl methyl sites for hydroxylation is 1. The summed E-state index contributed by atoms with van der Waals surface area (Å²) in [6.45, 7) is 3.30. The molecule has 4 aromatic carbocycles. The predicted molar refractivity (Wildman–Crippen MR) is 146 cm³/mol. The minimum absolute atomic E-state index is 0.109. The Hall–Kier alpha value is -4.85. The van der Waals surface area contributed by atoms with Gasteiger partial charge >= 0.3 is 12.1 Å². The number of fused-ring (bicyclic) bond motifs is 1. The van der Waals surface area contributed by atoms with Crippen molar-refractivity contribution in [3.8, 4) is 33.8 Å². The van der Waals surface area contributed by atoms with Gasteiger partial charge in [-0.3, -0.25) is 14.8 Å². The Bertz CT molecular complexity index is 1680. The third kappa shape index (κ3) is 5.76. The van der Waals surface area contributed by atoms with Crippen LogP contribution in [0, 0.1) is 6.92 Å². The summed E-state index contributed by atoms with van der Waals surface area (Å²) in [5.41, 5.74) is 3.60. The van der Waals surface area contributed by atoms with Gasteiger partial charge in [0.1, 0.15) is 12.4 Å². The van der Waals surface area contributed by atoms with Crippen molar-refractivity contribution >= 4 is 16.9 Å². The minimum atomic E-state index is -4.54. The van der Waals surface area contributed by atoms with Gasteiger partial charge in [-0.15, -0.1) is 0 Å². The molecule has 0 spiro atoms. The summed E-state index contributed by atoms with van der Waals surface area (Å²) in [5.74, 6) is 0.405. The first-order valence-electron chi connectivity index (χ1n) is 12.4. The number of rotatable bonds is 7.